The Morgan fingerprint density at radius 2 is 2.36 bits per heavy atom. The highest BCUT2D eigenvalue weighted by molar-refractivity contribution is 5.76. The van der Waals surface area contributed by atoms with Gasteiger partial charge in [0.2, 0.25) is 17.6 Å². The van der Waals surface area contributed by atoms with Crippen LogP contribution in [0, 0.1) is 0 Å². The second-order valence-electron chi connectivity index (χ2n) is 5.13. The lowest BCUT2D eigenvalue weighted by molar-refractivity contribution is -0.121. The average molecular weight is 306 g/mol. The van der Waals surface area contributed by atoms with Crippen LogP contribution in [0.4, 0.5) is 0 Å². The number of hydrogen-bond acceptors (Lipinski definition) is 6. The smallest absolute Gasteiger partial charge is 0.238 e. The largest absolute Gasteiger partial charge is 0.461 e. The summed E-state index contributed by atoms with van der Waals surface area (Å²) < 4.78 is 10.3. The normalized spacial score (nSPS) is 12.3. The van der Waals surface area contributed by atoms with E-state index in [1.807, 2.05) is 0 Å². The van der Waals surface area contributed by atoms with E-state index in [-0.39, 0.29) is 11.9 Å². The van der Waals surface area contributed by atoms with Gasteiger partial charge < -0.3 is 20.0 Å². The van der Waals surface area contributed by atoms with E-state index < -0.39 is 0 Å². The molecule has 0 saturated carbocycles. The molecule has 0 saturated heterocycles. The Balaban J connectivity index is 1.78. The van der Waals surface area contributed by atoms with Crippen molar-refractivity contribution < 1.29 is 13.7 Å². The summed E-state index contributed by atoms with van der Waals surface area (Å²) in [5, 5.41) is 6.76. The van der Waals surface area contributed by atoms with E-state index in [9.17, 15) is 4.79 Å². The third-order valence-electron chi connectivity index (χ3n) is 3.33. The highest BCUT2D eigenvalue weighted by Gasteiger charge is 2.14. The molecule has 0 fully saturated rings. The maximum atomic E-state index is 11.9. The topological polar surface area (TPSA) is 107 Å². The summed E-state index contributed by atoms with van der Waals surface area (Å²) in [5.74, 6) is 1.30. The van der Waals surface area contributed by atoms with E-state index in [1.54, 1.807) is 18.4 Å². The highest BCUT2D eigenvalue weighted by atomic mass is 16.5. The molecule has 1 amide bonds. The zero-order valence-corrected chi connectivity index (χ0v) is 12.7. The maximum Gasteiger partial charge on any atom is 0.238 e. The third kappa shape index (κ3) is 4.70. The van der Waals surface area contributed by atoms with E-state index in [4.69, 9.17) is 14.7 Å². The first-order chi connectivity index (χ1) is 10.7. The van der Waals surface area contributed by atoms with Crippen molar-refractivity contribution in [3.8, 4) is 11.6 Å². The van der Waals surface area contributed by atoms with Crippen molar-refractivity contribution in [3.05, 3.63) is 24.3 Å². The predicted octanol–water partition coefficient (Wildman–Crippen LogP) is 1.90. The lowest BCUT2D eigenvalue weighted by atomic mass is 10.1. The van der Waals surface area contributed by atoms with Crippen molar-refractivity contribution in [2.24, 2.45) is 5.73 Å². The van der Waals surface area contributed by atoms with Crippen molar-refractivity contribution in [3.63, 3.8) is 0 Å². The molecule has 22 heavy (non-hydrogen) atoms. The summed E-state index contributed by atoms with van der Waals surface area (Å²) in [6.45, 7) is 2.57. The van der Waals surface area contributed by atoms with Crippen LogP contribution in [0.3, 0.4) is 0 Å². The quantitative estimate of drug-likeness (QED) is 0.732. The number of rotatable bonds is 9. The van der Waals surface area contributed by atoms with Gasteiger partial charge in [0.15, 0.2) is 5.76 Å². The lowest BCUT2D eigenvalue weighted by Gasteiger charge is -2.15. The number of hydrogen-bond donors (Lipinski definition) is 2. The molecule has 2 heterocycles. The Morgan fingerprint density at radius 3 is 3.05 bits per heavy atom. The van der Waals surface area contributed by atoms with E-state index in [0.717, 1.165) is 19.3 Å². The van der Waals surface area contributed by atoms with Crippen molar-refractivity contribution in [2.45, 2.75) is 45.1 Å². The zero-order chi connectivity index (χ0) is 15.8. The van der Waals surface area contributed by atoms with Gasteiger partial charge in [-0.05, 0) is 18.6 Å². The van der Waals surface area contributed by atoms with Crippen LogP contribution < -0.4 is 11.1 Å². The van der Waals surface area contributed by atoms with E-state index >= 15 is 0 Å². The third-order valence-corrected chi connectivity index (χ3v) is 3.33. The fraction of sp³-hybridized carbons (Fsp3) is 0.533. The van der Waals surface area contributed by atoms with Crippen LogP contribution in [0.1, 0.15) is 38.5 Å². The first-order valence-electron chi connectivity index (χ1n) is 7.58. The fourth-order valence-corrected chi connectivity index (χ4v) is 2.08. The van der Waals surface area contributed by atoms with Crippen LogP contribution >= 0.6 is 0 Å². The number of nitrogens with zero attached hydrogens (tertiary/aromatic N) is 2. The molecule has 120 valence electrons. The Labute approximate surface area is 129 Å². The van der Waals surface area contributed by atoms with Gasteiger partial charge in [-0.2, -0.15) is 4.98 Å². The molecule has 7 nitrogen and oxygen atoms in total. The number of unbranched alkanes of at least 4 members (excludes halogenated alkanes) is 1. The molecule has 0 radical (unpaired) electrons. The number of nitrogens with one attached hydrogen (secondary N) is 1. The second-order valence-corrected chi connectivity index (χ2v) is 5.13. The minimum atomic E-state index is -0.0516. The first kappa shape index (κ1) is 16.2. The Kier molecular flexibility index (Phi) is 6.14. The van der Waals surface area contributed by atoms with Crippen LogP contribution in [0.2, 0.25) is 0 Å². The van der Waals surface area contributed by atoms with Gasteiger partial charge in [-0.25, -0.2) is 0 Å². The molecule has 0 aliphatic heterocycles. The number of furan rings is 1. The van der Waals surface area contributed by atoms with Crippen molar-refractivity contribution in [2.75, 3.05) is 6.54 Å². The number of amides is 1. The molecule has 2 aromatic rings. The molecule has 7 heteroatoms. The van der Waals surface area contributed by atoms with E-state index in [0.29, 0.717) is 36.9 Å². The summed E-state index contributed by atoms with van der Waals surface area (Å²) in [6.07, 6.45) is 5.28. The molecule has 1 unspecified atom stereocenters. The molecule has 2 aromatic heterocycles. The van der Waals surface area contributed by atoms with Crippen molar-refractivity contribution in [1.29, 1.82) is 0 Å². The minimum Gasteiger partial charge on any atom is -0.461 e. The fourth-order valence-electron chi connectivity index (χ4n) is 2.08. The molecular weight excluding hydrogens is 284 g/mol. The van der Waals surface area contributed by atoms with Crippen LogP contribution in [0.5, 0.6) is 0 Å². The van der Waals surface area contributed by atoms with Crippen LogP contribution in [-0.2, 0) is 11.2 Å². The van der Waals surface area contributed by atoms with Gasteiger partial charge in [-0.3, -0.25) is 4.79 Å². The molecule has 0 aliphatic carbocycles. The number of carbonyl (C=O) groups excluding carboxylic acids is 1. The Bertz CT molecular complexity index is 565. The maximum absolute atomic E-state index is 11.9. The van der Waals surface area contributed by atoms with Crippen LogP contribution in [0.25, 0.3) is 11.6 Å². The Morgan fingerprint density at radius 1 is 1.50 bits per heavy atom. The Hall–Kier alpha value is -2.15. The number of aryl methyl sites for hydroxylation is 1. The zero-order valence-electron chi connectivity index (χ0n) is 12.7. The molecule has 0 aliphatic rings. The van der Waals surface area contributed by atoms with Gasteiger partial charge in [0.25, 0.3) is 0 Å². The minimum absolute atomic E-state index is 0.0359. The predicted molar refractivity (Wildman–Crippen MR) is 80.8 cm³/mol. The molecule has 0 aromatic carbocycles. The van der Waals surface area contributed by atoms with Gasteiger partial charge >= 0.3 is 0 Å². The average Bonchev–Trinajstić information content (AvgIpc) is 3.19. The van der Waals surface area contributed by atoms with Gasteiger partial charge in [-0.15, -0.1) is 0 Å². The number of aromatic nitrogens is 2. The molecule has 1 atom stereocenters. The SMILES string of the molecule is CCCCC(CN)NC(=O)CCc1nc(-c2ccco2)no1. The van der Waals surface area contributed by atoms with Crippen molar-refractivity contribution in [1.82, 2.24) is 15.5 Å². The molecule has 0 spiro atoms. The van der Waals surface area contributed by atoms with E-state index in [2.05, 4.69) is 22.4 Å². The number of carbonyl (C=O) groups is 1. The van der Waals surface area contributed by atoms with Gasteiger partial charge in [0.05, 0.1) is 6.26 Å². The standard InChI is InChI=1S/C15H22N4O3/c1-2-3-5-11(10-16)17-13(20)7-8-14-18-15(19-22-14)12-6-4-9-21-12/h4,6,9,11H,2-3,5,7-8,10,16H2,1H3,(H,17,20). The van der Waals surface area contributed by atoms with E-state index in [1.165, 1.54) is 0 Å². The summed E-state index contributed by atoms with van der Waals surface area (Å²) in [7, 11) is 0. The summed E-state index contributed by atoms with van der Waals surface area (Å²) in [6, 6.07) is 3.54. The van der Waals surface area contributed by atoms with Crippen LogP contribution in [-0.4, -0.2) is 28.6 Å². The summed E-state index contributed by atoms with van der Waals surface area (Å²) >= 11 is 0. The molecular formula is C15H22N4O3. The summed E-state index contributed by atoms with van der Waals surface area (Å²) in [5.41, 5.74) is 5.66. The number of nitrogens with two attached hydrogens (primary N) is 1. The lowest BCUT2D eigenvalue weighted by Crippen LogP contribution is -2.40. The molecule has 3 N–H and O–H groups in total. The monoisotopic (exact) mass is 306 g/mol. The van der Waals surface area contributed by atoms with Crippen LogP contribution in [0.15, 0.2) is 27.3 Å². The first-order valence-corrected chi connectivity index (χ1v) is 7.58. The summed E-state index contributed by atoms with van der Waals surface area (Å²) in [4.78, 5) is 16.1. The molecule has 2 rings (SSSR count). The second kappa shape index (κ2) is 8.33. The van der Waals surface area contributed by atoms with Crippen molar-refractivity contribution >= 4 is 5.91 Å². The highest BCUT2D eigenvalue weighted by Crippen LogP contribution is 2.16. The van der Waals surface area contributed by atoms with Gasteiger partial charge in [0, 0.05) is 25.4 Å². The molecule has 0 bridgehead atoms. The van der Waals surface area contributed by atoms with Gasteiger partial charge in [0.1, 0.15) is 0 Å². The van der Waals surface area contributed by atoms with Gasteiger partial charge in [-0.1, -0.05) is 24.9 Å².